The molecule has 2 N–H and O–H groups in total. The third-order valence-electron chi connectivity index (χ3n) is 4.37. The average molecular weight is 323 g/mol. The minimum Gasteiger partial charge on any atom is -0.456 e. The first-order chi connectivity index (χ1) is 11.6. The molecule has 0 bridgehead atoms. The maximum atomic E-state index is 12.1. The zero-order valence-corrected chi connectivity index (χ0v) is 13.2. The lowest BCUT2D eigenvalue weighted by Crippen LogP contribution is -2.42. The second kappa shape index (κ2) is 5.56. The largest absolute Gasteiger partial charge is 0.456 e. The maximum absolute atomic E-state index is 12.1. The number of likely N-dealkylation sites (tertiary alicyclic amines) is 1. The van der Waals surface area contributed by atoms with Crippen LogP contribution in [0, 0.1) is 0 Å². The molecule has 6 heteroatoms. The number of benzene rings is 2. The number of urea groups is 1. The number of para-hydroxylation sites is 1. The molecule has 1 unspecified atom stereocenters. The maximum Gasteiger partial charge on any atom is 0.319 e. The number of likely N-dealkylation sites (N-methyl/N-ethyl adjacent to an activating group) is 1. The Morgan fingerprint density at radius 3 is 2.75 bits per heavy atom. The van der Waals surface area contributed by atoms with Crippen molar-refractivity contribution in [1.82, 2.24) is 10.2 Å². The Bertz CT molecular complexity index is 947. The van der Waals surface area contributed by atoms with Crippen LogP contribution in [0.3, 0.4) is 0 Å². The van der Waals surface area contributed by atoms with E-state index in [1.54, 1.807) is 18.0 Å². The lowest BCUT2D eigenvalue weighted by Gasteiger charge is -2.13. The van der Waals surface area contributed by atoms with Crippen molar-refractivity contribution in [3.63, 3.8) is 0 Å². The van der Waals surface area contributed by atoms with Gasteiger partial charge in [0, 0.05) is 36.1 Å². The molecular weight excluding hydrogens is 306 g/mol. The second-order valence-corrected chi connectivity index (χ2v) is 6.01. The first-order valence-corrected chi connectivity index (χ1v) is 7.85. The Labute approximate surface area is 138 Å². The molecule has 3 aromatic rings. The summed E-state index contributed by atoms with van der Waals surface area (Å²) in [6.45, 7) is 0.661. The standard InChI is InChI=1S/C18H17N3O3/c1-21-9-8-14(17(21)22)20-18(23)19-11-6-7-13-12-4-2-3-5-15(12)24-16(13)10-11/h2-7,10,14H,8-9H2,1H3,(H2,19,20,23). The molecule has 0 spiro atoms. The third kappa shape index (κ3) is 2.46. The normalized spacial score (nSPS) is 17.6. The Morgan fingerprint density at radius 1 is 1.17 bits per heavy atom. The molecule has 1 saturated heterocycles. The van der Waals surface area contributed by atoms with E-state index in [1.165, 1.54) is 0 Å². The Morgan fingerprint density at radius 2 is 1.96 bits per heavy atom. The van der Waals surface area contributed by atoms with Crippen LogP contribution in [0.2, 0.25) is 0 Å². The topological polar surface area (TPSA) is 74.6 Å². The zero-order valence-electron chi connectivity index (χ0n) is 13.2. The molecule has 122 valence electrons. The first kappa shape index (κ1) is 14.6. The highest BCUT2D eigenvalue weighted by Crippen LogP contribution is 2.30. The number of carbonyl (C=O) groups is 2. The lowest BCUT2D eigenvalue weighted by atomic mass is 10.1. The molecule has 0 radical (unpaired) electrons. The Hall–Kier alpha value is -3.02. The fourth-order valence-electron chi connectivity index (χ4n) is 3.09. The van der Waals surface area contributed by atoms with E-state index in [-0.39, 0.29) is 11.9 Å². The number of carbonyl (C=O) groups excluding carboxylic acids is 2. The fourth-order valence-corrected chi connectivity index (χ4v) is 3.09. The molecule has 0 saturated carbocycles. The Balaban J connectivity index is 1.53. The van der Waals surface area contributed by atoms with Crippen molar-refractivity contribution < 1.29 is 14.0 Å². The van der Waals surface area contributed by atoms with Gasteiger partial charge in [0.05, 0.1) is 0 Å². The smallest absolute Gasteiger partial charge is 0.319 e. The summed E-state index contributed by atoms with van der Waals surface area (Å²) < 4.78 is 5.81. The van der Waals surface area contributed by atoms with Gasteiger partial charge in [-0.05, 0) is 24.6 Å². The molecule has 1 fully saturated rings. The van der Waals surface area contributed by atoms with Gasteiger partial charge in [-0.15, -0.1) is 0 Å². The van der Waals surface area contributed by atoms with E-state index >= 15 is 0 Å². The molecule has 3 amide bonds. The predicted octanol–water partition coefficient (Wildman–Crippen LogP) is 2.94. The highest BCUT2D eigenvalue weighted by molar-refractivity contribution is 6.06. The molecular formula is C18H17N3O3. The van der Waals surface area contributed by atoms with Crippen LogP contribution in [0.5, 0.6) is 0 Å². The summed E-state index contributed by atoms with van der Waals surface area (Å²) in [6, 6.07) is 12.5. The Kier molecular flexibility index (Phi) is 3.37. The zero-order chi connectivity index (χ0) is 16.7. The molecule has 1 atom stereocenters. The number of nitrogens with one attached hydrogen (secondary N) is 2. The molecule has 1 aromatic heterocycles. The summed E-state index contributed by atoms with van der Waals surface area (Å²) >= 11 is 0. The van der Waals surface area contributed by atoms with Crippen molar-refractivity contribution in [3.05, 3.63) is 42.5 Å². The van der Waals surface area contributed by atoms with E-state index in [9.17, 15) is 9.59 Å². The van der Waals surface area contributed by atoms with E-state index in [1.807, 2.05) is 36.4 Å². The van der Waals surface area contributed by atoms with Gasteiger partial charge in [-0.1, -0.05) is 18.2 Å². The van der Waals surface area contributed by atoms with Crippen molar-refractivity contribution in [2.45, 2.75) is 12.5 Å². The van der Waals surface area contributed by atoms with Crippen molar-refractivity contribution in [2.24, 2.45) is 0 Å². The van der Waals surface area contributed by atoms with Gasteiger partial charge in [-0.3, -0.25) is 4.79 Å². The van der Waals surface area contributed by atoms with Gasteiger partial charge >= 0.3 is 6.03 Å². The molecule has 24 heavy (non-hydrogen) atoms. The number of nitrogens with zero attached hydrogens (tertiary/aromatic N) is 1. The number of anilines is 1. The van der Waals surface area contributed by atoms with Crippen molar-refractivity contribution >= 4 is 39.6 Å². The van der Waals surface area contributed by atoms with Crippen molar-refractivity contribution in [2.75, 3.05) is 18.9 Å². The number of furan rings is 1. The van der Waals surface area contributed by atoms with Crippen LogP contribution < -0.4 is 10.6 Å². The van der Waals surface area contributed by atoms with Gasteiger partial charge in [-0.25, -0.2) is 4.79 Å². The molecule has 1 aliphatic heterocycles. The summed E-state index contributed by atoms with van der Waals surface area (Å²) in [4.78, 5) is 25.6. The van der Waals surface area contributed by atoms with Crippen LogP contribution in [-0.4, -0.2) is 36.5 Å². The highest BCUT2D eigenvalue weighted by Gasteiger charge is 2.30. The van der Waals surface area contributed by atoms with E-state index in [4.69, 9.17) is 4.42 Å². The monoisotopic (exact) mass is 323 g/mol. The van der Waals surface area contributed by atoms with Crippen LogP contribution >= 0.6 is 0 Å². The van der Waals surface area contributed by atoms with Gasteiger partial charge in [0.1, 0.15) is 17.2 Å². The van der Waals surface area contributed by atoms with Crippen LogP contribution in [0.4, 0.5) is 10.5 Å². The fraction of sp³-hybridized carbons (Fsp3) is 0.222. The molecule has 2 heterocycles. The molecule has 2 aromatic carbocycles. The van der Waals surface area contributed by atoms with Crippen LogP contribution in [0.25, 0.3) is 21.9 Å². The van der Waals surface area contributed by atoms with Crippen molar-refractivity contribution in [3.8, 4) is 0 Å². The van der Waals surface area contributed by atoms with E-state index in [0.717, 1.165) is 16.4 Å². The number of hydrogen-bond acceptors (Lipinski definition) is 3. The third-order valence-corrected chi connectivity index (χ3v) is 4.37. The predicted molar refractivity (Wildman–Crippen MR) is 91.9 cm³/mol. The van der Waals surface area contributed by atoms with Gasteiger partial charge in [-0.2, -0.15) is 0 Å². The molecule has 4 rings (SSSR count). The van der Waals surface area contributed by atoms with Crippen molar-refractivity contribution in [1.29, 1.82) is 0 Å². The lowest BCUT2D eigenvalue weighted by molar-refractivity contribution is -0.128. The summed E-state index contributed by atoms with van der Waals surface area (Å²) in [6.07, 6.45) is 0.630. The highest BCUT2D eigenvalue weighted by atomic mass is 16.3. The second-order valence-electron chi connectivity index (χ2n) is 6.01. The first-order valence-electron chi connectivity index (χ1n) is 7.85. The van der Waals surface area contributed by atoms with E-state index < -0.39 is 6.04 Å². The van der Waals surface area contributed by atoms with Gasteiger partial charge in [0.2, 0.25) is 5.91 Å². The quantitative estimate of drug-likeness (QED) is 0.761. The number of hydrogen-bond donors (Lipinski definition) is 2. The van der Waals surface area contributed by atoms with E-state index in [0.29, 0.717) is 24.2 Å². The van der Waals surface area contributed by atoms with Gasteiger partial charge in [0.25, 0.3) is 0 Å². The minimum atomic E-state index is -0.454. The average Bonchev–Trinajstić information content (AvgIpc) is 3.09. The SMILES string of the molecule is CN1CCC(NC(=O)Nc2ccc3c(c2)oc2ccccc23)C1=O. The minimum absolute atomic E-state index is 0.0575. The molecule has 0 aliphatic carbocycles. The van der Waals surface area contributed by atoms with E-state index in [2.05, 4.69) is 10.6 Å². The molecule has 1 aliphatic rings. The summed E-state index contributed by atoms with van der Waals surface area (Å²) in [5, 5.41) is 7.52. The summed E-state index contributed by atoms with van der Waals surface area (Å²) in [5.41, 5.74) is 2.15. The van der Waals surface area contributed by atoms with Crippen LogP contribution in [0.1, 0.15) is 6.42 Å². The number of amides is 3. The van der Waals surface area contributed by atoms with Crippen LogP contribution in [-0.2, 0) is 4.79 Å². The van der Waals surface area contributed by atoms with Gasteiger partial charge < -0.3 is 20.0 Å². The van der Waals surface area contributed by atoms with Crippen LogP contribution in [0.15, 0.2) is 46.9 Å². The number of rotatable bonds is 2. The van der Waals surface area contributed by atoms with Gasteiger partial charge in [0.15, 0.2) is 0 Å². The summed E-state index contributed by atoms with van der Waals surface area (Å²) in [5.74, 6) is -0.0575. The number of fused-ring (bicyclic) bond motifs is 3. The molecule has 6 nitrogen and oxygen atoms in total. The summed E-state index contributed by atoms with van der Waals surface area (Å²) in [7, 11) is 1.73.